The zero-order valence-electron chi connectivity index (χ0n) is 13.6. The smallest absolute Gasteiger partial charge is 0.136 e. The summed E-state index contributed by atoms with van der Waals surface area (Å²) in [6.45, 7) is 6.66. The monoisotopic (exact) mass is 313 g/mol. The Morgan fingerprint density at radius 2 is 1.77 bits per heavy atom. The van der Waals surface area contributed by atoms with Gasteiger partial charge < -0.3 is 0 Å². The molecule has 1 atom stereocenters. The van der Waals surface area contributed by atoms with Crippen LogP contribution >= 0.6 is 11.6 Å². The van der Waals surface area contributed by atoms with Crippen LogP contribution in [0.15, 0.2) is 53.5 Å². The molecule has 0 heterocycles. The number of halogens is 1. The minimum atomic E-state index is 0.482. The van der Waals surface area contributed by atoms with Crippen LogP contribution in [0.5, 0.6) is 0 Å². The molecule has 0 saturated carbocycles. The highest BCUT2D eigenvalue weighted by atomic mass is 35.5. The van der Waals surface area contributed by atoms with Gasteiger partial charge in [0.15, 0.2) is 0 Å². The Kier molecular flexibility index (Phi) is 6.21. The van der Waals surface area contributed by atoms with Crippen molar-refractivity contribution in [3.05, 3.63) is 65.2 Å². The maximum atomic E-state index is 6.48. The predicted octanol–water partition coefficient (Wildman–Crippen LogP) is 6.47. The molecule has 2 aromatic rings. The van der Waals surface area contributed by atoms with Crippen LogP contribution in [-0.4, -0.2) is 5.17 Å². The predicted molar refractivity (Wildman–Crippen MR) is 97.6 cm³/mol. The fourth-order valence-electron chi connectivity index (χ4n) is 2.57. The fraction of sp³-hybridized carbons (Fsp3) is 0.350. The summed E-state index contributed by atoms with van der Waals surface area (Å²) in [5.74, 6) is 0.482. The number of nitrogens with zero attached hydrogens (tertiary/aromatic N) is 1. The highest BCUT2D eigenvalue weighted by Gasteiger charge is 2.13. The second-order valence-corrected chi connectivity index (χ2v) is 6.04. The van der Waals surface area contributed by atoms with Crippen molar-refractivity contribution in [1.82, 2.24) is 0 Å². The van der Waals surface area contributed by atoms with E-state index in [0.29, 0.717) is 11.1 Å². The second-order valence-electron chi connectivity index (χ2n) is 5.68. The Hall–Kier alpha value is -1.60. The van der Waals surface area contributed by atoms with Crippen LogP contribution < -0.4 is 0 Å². The fourth-order valence-corrected chi connectivity index (χ4v) is 2.79. The molecule has 116 valence electrons. The first kappa shape index (κ1) is 16.8. The third kappa shape index (κ3) is 3.98. The lowest BCUT2D eigenvalue weighted by Gasteiger charge is -2.16. The molecular weight excluding hydrogens is 290 g/mol. The summed E-state index contributed by atoms with van der Waals surface area (Å²) in [5, 5.41) is 0.564. The lowest BCUT2D eigenvalue weighted by Crippen LogP contribution is -1.98. The van der Waals surface area contributed by atoms with Crippen molar-refractivity contribution < 1.29 is 0 Å². The molecule has 0 N–H and O–H groups in total. The van der Waals surface area contributed by atoms with E-state index in [2.05, 4.69) is 39.0 Å². The van der Waals surface area contributed by atoms with E-state index in [-0.39, 0.29) is 0 Å². The summed E-state index contributed by atoms with van der Waals surface area (Å²) in [6, 6.07) is 16.5. The highest BCUT2D eigenvalue weighted by molar-refractivity contribution is 6.69. The number of para-hydroxylation sites is 1. The van der Waals surface area contributed by atoms with E-state index in [1.54, 1.807) is 0 Å². The zero-order valence-corrected chi connectivity index (χ0v) is 14.4. The van der Waals surface area contributed by atoms with Crippen LogP contribution in [0.3, 0.4) is 0 Å². The summed E-state index contributed by atoms with van der Waals surface area (Å²) in [4.78, 5) is 4.80. The first-order chi connectivity index (χ1) is 10.7. The van der Waals surface area contributed by atoms with E-state index < -0.39 is 0 Å². The van der Waals surface area contributed by atoms with E-state index in [0.717, 1.165) is 30.5 Å². The van der Waals surface area contributed by atoms with E-state index in [4.69, 9.17) is 16.6 Å². The number of hydrogen-bond acceptors (Lipinski definition) is 1. The number of aryl methyl sites for hydroxylation is 1. The molecule has 0 aliphatic heterocycles. The summed E-state index contributed by atoms with van der Waals surface area (Å²) in [7, 11) is 0. The third-order valence-electron chi connectivity index (χ3n) is 4.04. The molecule has 0 saturated heterocycles. The molecule has 1 unspecified atom stereocenters. The van der Waals surface area contributed by atoms with Crippen molar-refractivity contribution in [3.8, 4) is 0 Å². The molecular formula is C20H24ClN. The molecule has 0 aromatic heterocycles. The normalized spacial score (nSPS) is 13.2. The van der Waals surface area contributed by atoms with Gasteiger partial charge in [-0.2, -0.15) is 0 Å². The quantitative estimate of drug-likeness (QED) is 0.542. The van der Waals surface area contributed by atoms with Gasteiger partial charge in [0.1, 0.15) is 5.17 Å². The molecule has 0 bridgehead atoms. The van der Waals surface area contributed by atoms with Crippen LogP contribution in [0, 0.1) is 0 Å². The Balaban J connectivity index is 2.51. The molecule has 2 aromatic carbocycles. The minimum absolute atomic E-state index is 0.482. The molecule has 2 heteroatoms. The molecule has 2 rings (SSSR count). The number of aliphatic imine (C=N–C) groups is 1. The third-order valence-corrected chi connectivity index (χ3v) is 4.34. The first-order valence-corrected chi connectivity index (χ1v) is 8.46. The first-order valence-electron chi connectivity index (χ1n) is 8.08. The van der Waals surface area contributed by atoms with Gasteiger partial charge in [-0.25, -0.2) is 4.99 Å². The van der Waals surface area contributed by atoms with Gasteiger partial charge >= 0.3 is 0 Å². The van der Waals surface area contributed by atoms with Gasteiger partial charge in [0.2, 0.25) is 0 Å². The van der Waals surface area contributed by atoms with E-state index in [9.17, 15) is 0 Å². The summed E-state index contributed by atoms with van der Waals surface area (Å²) in [6.07, 6.45) is 3.23. The molecule has 0 aliphatic carbocycles. The summed E-state index contributed by atoms with van der Waals surface area (Å²) >= 11 is 6.48. The van der Waals surface area contributed by atoms with Crippen LogP contribution in [0.2, 0.25) is 0 Å². The SMILES string of the molecule is CCCc1cccc(C(C)CC)c1N=C(Cl)c1ccccc1. The minimum Gasteiger partial charge on any atom is -0.236 e. The van der Waals surface area contributed by atoms with Crippen molar-refractivity contribution in [2.24, 2.45) is 4.99 Å². The van der Waals surface area contributed by atoms with Crippen molar-refractivity contribution >= 4 is 22.5 Å². The van der Waals surface area contributed by atoms with Gasteiger partial charge in [-0.15, -0.1) is 0 Å². The topological polar surface area (TPSA) is 12.4 Å². The van der Waals surface area contributed by atoms with E-state index >= 15 is 0 Å². The number of rotatable bonds is 6. The Labute approximate surface area is 139 Å². The molecule has 1 nitrogen and oxygen atoms in total. The second kappa shape index (κ2) is 8.14. The van der Waals surface area contributed by atoms with Gasteiger partial charge in [0, 0.05) is 5.56 Å². The molecule has 0 spiro atoms. The van der Waals surface area contributed by atoms with Gasteiger partial charge in [0.05, 0.1) is 5.69 Å². The number of hydrogen-bond donors (Lipinski definition) is 0. The van der Waals surface area contributed by atoms with Crippen LogP contribution in [-0.2, 0) is 6.42 Å². The molecule has 0 amide bonds. The maximum Gasteiger partial charge on any atom is 0.136 e. The van der Waals surface area contributed by atoms with Gasteiger partial charge in [0.25, 0.3) is 0 Å². The average Bonchev–Trinajstić information content (AvgIpc) is 2.56. The Morgan fingerprint density at radius 1 is 1.05 bits per heavy atom. The molecule has 0 aliphatic rings. The number of benzene rings is 2. The van der Waals surface area contributed by atoms with Gasteiger partial charge in [-0.3, -0.25) is 0 Å². The average molecular weight is 314 g/mol. The zero-order chi connectivity index (χ0) is 15.9. The largest absolute Gasteiger partial charge is 0.236 e. The van der Waals surface area contributed by atoms with Crippen molar-refractivity contribution in [1.29, 1.82) is 0 Å². The van der Waals surface area contributed by atoms with Crippen molar-refractivity contribution in [3.63, 3.8) is 0 Å². The highest BCUT2D eigenvalue weighted by Crippen LogP contribution is 2.34. The van der Waals surface area contributed by atoms with Gasteiger partial charge in [-0.1, -0.05) is 87.3 Å². The maximum absolute atomic E-state index is 6.48. The van der Waals surface area contributed by atoms with Crippen molar-refractivity contribution in [2.45, 2.75) is 46.0 Å². The van der Waals surface area contributed by atoms with Crippen LogP contribution in [0.25, 0.3) is 0 Å². The van der Waals surface area contributed by atoms with E-state index in [1.807, 2.05) is 30.3 Å². The molecule has 22 heavy (non-hydrogen) atoms. The summed E-state index contributed by atoms with van der Waals surface area (Å²) in [5.41, 5.74) is 4.61. The standard InChI is InChI=1S/C20H24ClN/c1-4-10-16-13-9-14-18(15(3)5-2)19(16)22-20(21)17-11-7-6-8-12-17/h6-9,11-15H,4-5,10H2,1-3H3. The lowest BCUT2D eigenvalue weighted by molar-refractivity contribution is 0.732. The van der Waals surface area contributed by atoms with Crippen LogP contribution in [0.1, 0.15) is 56.2 Å². The van der Waals surface area contributed by atoms with Crippen LogP contribution in [0.4, 0.5) is 5.69 Å². The lowest BCUT2D eigenvalue weighted by atomic mass is 9.93. The van der Waals surface area contributed by atoms with Crippen molar-refractivity contribution in [2.75, 3.05) is 0 Å². The summed E-state index contributed by atoms with van der Waals surface area (Å²) < 4.78 is 0. The van der Waals surface area contributed by atoms with Gasteiger partial charge in [-0.05, 0) is 29.9 Å². The Bertz CT molecular complexity index is 631. The molecule has 0 fully saturated rings. The molecule has 0 radical (unpaired) electrons. The van der Waals surface area contributed by atoms with E-state index in [1.165, 1.54) is 11.1 Å². The Morgan fingerprint density at radius 3 is 2.41 bits per heavy atom.